The summed E-state index contributed by atoms with van der Waals surface area (Å²) in [7, 11) is 0. The van der Waals surface area contributed by atoms with Crippen LogP contribution < -0.4 is 0 Å². The normalized spacial score (nSPS) is 21.2. The molecule has 1 atom stereocenters. The Morgan fingerprint density at radius 3 is 2.50 bits per heavy atom. The number of nitrogens with zero attached hydrogens (tertiary/aromatic N) is 5. The molecule has 1 aromatic heterocycles. The maximum absolute atomic E-state index is 9.63. The van der Waals surface area contributed by atoms with Crippen molar-refractivity contribution >= 4 is 0 Å². The number of aromatic hydroxyl groups is 1. The molecule has 0 amide bonds. The monoisotopic (exact) mass is 329 g/mol. The summed E-state index contributed by atoms with van der Waals surface area (Å²) in [6, 6.07) is 7.77. The summed E-state index contributed by atoms with van der Waals surface area (Å²) >= 11 is 0. The Bertz CT molecular complexity index is 660. The summed E-state index contributed by atoms with van der Waals surface area (Å²) < 4.78 is 7.54. The minimum absolute atomic E-state index is 0.00917. The van der Waals surface area contributed by atoms with Crippen LogP contribution in [0, 0.1) is 0 Å². The van der Waals surface area contributed by atoms with Crippen molar-refractivity contribution in [2.45, 2.75) is 37.8 Å². The van der Waals surface area contributed by atoms with Gasteiger partial charge in [-0.1, -0.05) is 25.0 Å². The van der Waals surface area contributed by atoms with E-state index in [0.29, 0.717) is 6.04 Å². The first-order chi connectivity index (χ1) is 11.8. The van der Waals surface area contributed by atoms with Crippen LogP contribution in [0.5, 0.6) is 5.75 Å². The molecule has 1 saturated carbocycles. The van der Waals surface area contributed by atoms with E-state index in [-0.39, 0.29) is 11.8 Å². The lowest BCUT2D eigenvalue weighted by Gasteiger charge is -2.34. The van der Waals surface area contributed by atoms with Crippen LogP contribution >= 0.6 is 0 Å². The number of phenols is 1. The second kappa shape index (κ2) is 6.86. The van der Waals surface area contributed by atoms with Gasteiger partial charge in [-0.2, -0.15) is 0 Å². The van der Waals surface area contributed by atoms with Crippen molar-refractivity contribution in [2.24, 2.45) is 0 Å². The maximum Gasteiger partial charge on any atom is 0.173 e. The van der Waals surface area contributed by atoms with Gasteiger partial charge in [0, 0.05) is 13.1 Å². The zero-order chi connectivity index (χ0) is 16.4. The first-order valence-corrected chi connectivity index (χ1v) is 8.71. The molecular formula is C17H23N5O2. The Balaban J connectivity index is 1.72. The first kappa shape index (κ1) is 15.5. The highest BCUT2D eigenvalue weighted by Gasteiger charge is 2.31. The molecule has 2 heterocycles. The average Bonchev–Trinajstić information content (AvgIpc) is 3.29. The van der Waals surface area contributed by atoms with Crippen molar-refractivity contribution in [3.8, 4) is 5.75 Å². The van der Waals surface area contributed by atoms with Gasteiger partial charge in [-0.3, -0.25) is 4.90 Å². The molecule has 2 aliphatic rings. The minimum atomic E-state index is -0.00917. The highest BCUT2D eigenvalue weighted by atomic mass is 16.5. The van der Waals surface area contributed by atoms with E-state index in [1.807, 2.05) is 16.8 Å². The molecule has 4 rings (SSSR count). The summed E-state index contributed by atoms with van der Waals surface area (Å²) in [5.74, 6) is 1.17. The van der Waals surface area contributed by atoms with E-state index in [2.05, 4.69) is 20.4 Å². The second-order valence-electron chi connectivity index (χ2n) is 6.56. The zero-order valence-corrected chi connectivity index (χ0v) is 13.7. The molecule has 7 nitrogen and oxygen atoms in total. The third-order valence-electron chi connectivity index (χ3n) is 5.05. The van der Waals surface area contributed by atoms with Gasteiger partial charge >= 0.3 is 0 Å². The van der Waals surface area contributed by atoms with Crippen LogP contribution in [-0.4, -0.2) is 56.5 Å². The molecule has 24 heavy (non-hydrogen) atoms. The third-order valence-corrected chi connectivity index (χ3v) is 5.05. The molecule has 1 aliphatic carbocycles. The number of rotatable bonds is 4. The Morgan fingerprint density at radius 2 is 1.79 bits per heavy atom. The molecule has 2 fully saturated rings. The van der Waals surface area contributed by atoms with Crippen LogP contribution in [0.1, 0.15) is 49.2 Å². The van der Waals surface area contributed by atoms with Crippen LogP contribution in [0.25, 0.3) is 0 Å². The number of hydrogen-bond acceptors (Lipinski definition) is 6. The Kier molecular flexibility index (Phi) is 4.44. The van der Waals surface area contributed by atoms with E-state index in [1.165, 1.54) is 12.8 Å². The Labute approximate surface area is 141 Å². The van der Waals surface area contributed by atoms with Crippen molar-refractivity contribution in [3.05, 3.63) is 35.7 Å². The molecule has 0 spiro atoms. The molecule has 1 aliphatic heterocycles. The summed E-state index contributed by atoms with van der Waals surface area (Å²) in [4.78, 5) is 2.37. The van der Waals surface area contributed by atoms with Gasteiger partial charge in [0.1, 0.15) is 5.75 Å². The number of benzene rings is 1. The van der Waals surface area contributed by atoms with Crippen LogP contribution in [0.2, 0.25) is 0 Å². The average molecular weight is 329 g/mol. The summed E-state index contributed by atoms with van der Waals surface area (Å²) in [5, 5.41) is 22.3. The van der Waals surface area contributed by atoms with Crippen molar-refractivity contribution in [3.63, 3.8) is 0 Å². The van der Waals surface area contributed by atoms with Crippen molar-refractivity contribution < 1.29 is 9.84 Å². The Morgan fingerprint density at radius 1 is 1.08 bits per heavy atom. The van der Waals surface area contributed by atoms with Crippen molar-refractivity contribution in [1.82, 2.24) is 25.1 Å². The van der Waals surface area contributed by atoms with Gasteiger partial charge in [-0.05, 0) is 41.0 Å². The van der Waals surface area contributed by atoms with Crippen molar-refractivity contribution in [2.75, 3.05) is 26.3 Å². The molecule has 1 aromatic carbocycles. The molecule has 0 bridgehead atoms. The van der Waals surface area contributed by atoms with Gasteiger partial charge in [-0.15, -0.1) is 5.10 Å². The van der Waals surface area contributed by atoms with E-state index in [4.69, 9.17) is 4.74 Å². The molecule has 0 unspecified atom stereocenters. The predicted molar refractivity (Wildman–Crippen MR) is 87.7 cm³/mol. The smallest absolute Gasteiger partial charge is 0.173 e. The summed E-state index contributed by atoms with van der Waals surface area (Å²) in [6.07, 6.45) is 4.77. The Hall–Kier alpha value is -1.99. The number of aromatic nitrogens is 4. The number of hydrogen-bond donors (Lipinski definition) is 1. The molecule has 1 saturated heterocycles. The van der Waals surface area contributed by atoms with Crippen molar-refractivity contribution in [1.29, 1.82) is 0 Å². The van der Waals surface area contributed by atoms with E-state index in [0.717, 1.165) is 50.5 Å². The van der Waals surface area contributed by atoms with Gasteiger partial charge in [0.05, 0.1) is 25.3 Å². The second-order valence-corrected chi connectivity index (χ2v) is 6.56. The number of ether oxygens (including phenoxy) is 1. The summed E-state index contributed by atoms with van der Waals surface area (Å²) in [6.45, 7) is 3.14. The summed E-state index contributed by atoms with van der Waals surface area (Å²) in [5.41, 5.74) is 1.10. The van der Waals surface area contributed by atoms with Crippen LogP contribution in [0.15, 0.2) is 24.3 Å². The molecule has 7 heteroatoms. The van der Waals surface area contributed by atoms with Crippen LogP contribution in [0.3, 0.4) is 0 Å². The fourth-order valence-corrected chi connectivity index (χ4v) is 3.80. The van der Waals surface area contributed by atoms with Gasteiger partial charge in [0.25, 0.3) is 0 Å². The molecule has 1 N–H and O–H groups in total. The fraction of sp³-hybridized carbons (Fsp3) is 0.588. The highest BCUT2D eigenvalue weighted by molar-refractivity contribution is 5.31. The zero-order valence-electron chi connectivity index (χ0n) is 13.7. The van der Waals surface area contributed by atoms with Crippen LogP contribution in [-0.2, 0) is 4.74 Å². The van der Waals surface area contributed by atoms with E-state index in [9.17, 15) is 5.11 Å². The van der Waals surface area contributed by atoms with Gasteiger partial charge in [0.15, 0.2) is 5.82 Å². The quantitative estimate of drug-likeness (QED) is 0.923. The lowest BCUT2D eigenvalue weighted by Crippen LogP contribution is -2.40. The first-order valence-electron chi connectivity index (χ1n) is 8.71. The SMILES string of the molecule is Oc1ccc([C@@H](c2nnnn2C2CCCC2)N2CCOCC2)cc1. The minimum Gasteiger partial charge on any atom is -0.508 e. The highest BCUT2D eigenvalue weighted by Crippen LogP contribution is 2.34. The van der Waals surface area contributed by atoms with E-state index < -0.39 is 0 Å². The van der Waals surface area contributed by atoms with Gasteiger partial charge in [-0.25, -0.2) is 4.68 Å². The van der Waals surface area contributed by atoms with Gasteiger partial charge < -0.3 is 9.84 Å². The van der Waals surface area contributed by atoms with E-state index in [1.54, 1.807) is 12.1 Å². The number of phenolic OH excluding ortho intramolecular Hbond substituents is 1. The number of morpholine rings is 1. The topological polar surface area (TPSA) is 76.3 Å². The third kappa shape index (κ3) is 3.01. The van der Waals surface area contributed by atoms with E-state index >= 15 is 0 Å². The largest absolute Gasteiger partial charge is 0.508 e. The predicted octanol–water partition coefficient (Wildman–Crippen LogP) is 1.92. The molecule has 2 aromatic rings. The lowest BCUT2D eigenvalue weighted by molar-refractivity contribution is 0.0213. The fourth-order valence-electron chi connectivity index (χ4n) is 3.80. The molecule has 0 radical (unpaired) electrons. The molecular weight excluding hydrogens is 306 g/mol. The molecule has 128 valence electrons. The van der Waals surface area contributed by atoms with Crippen LogP contribution in [0.4, 0.5) is 0 Å². The number of tetrazole rings is 1. The van der Waals surface area contributed by atoms with Gasteiger partial charge in [0.2, 0.25) is 0 Å². The maximum atomic E-state index is 9.63. The lowest BCUT2D eigenvalue weighted by atomic mass is 10.0. The standard InChI is InChI=1S/C17H23N5O2/c23-15-7-5-13(6-8-15)16(21-9-11-24-12-10-21)17-18-19-20-22(17)14-3-1-2-4-14/h5-8,14,16,23H,1-4,9-12H2/t16-/m0/s1.